The molecular weight excluding hydrogens is 424 g/mol. The van der Waals surface area contributed by atoms with Crippen LogP contribution in [0.4, 0.5) is 0 Å². The molecular formula is C28H32N4O2. The molecule has 34 heavy (non-hydrogen) atoms. The molecule has 2 aliphatic rings. The topological polar surface area (TPSA) is 48.8 Å². The molecule has 0 fully saturated rings. The van der Waals surface area contributed by atoms with E-state index in [4.69, 9.17) is 0 Å². The second kappa shape index (κ2) is 8.76. The standard InChI is InChI=1S/C28H32N4O2/c1-19-24(33)15-18-31-26(19)28(34)30(4)25(16-17-29(2)3)32(31)27-22-11-7-5-9-20(22)13-14-21-10-6-8-12-23(21)27/h5-12,15,18,25,27H,13-14,16-17H2,1-4H3. The Morgan fingerprint density at radius 2 is 1.50 bits per heavy atom. The van der Waals surface area contributed by atoms with Crippen LogP contribution >= 0.6 is 0 Å². The Hall–Kier alpha value is -3.38. The molecule has 6 nitrogen and oxygen atoms in total. The fourth-order valence-electron chi connectivity index (χ4n) is 5.48. The van der Waals surface area contributed by atoms with Gasteiger partial charge in [-0.15, -0.1) is 0 Å². The molecule has 0 bridgehead atoms. The van der Waals surface area contributed by atoms with Crippen molar-refractivity contribution in [3.05, 3.63) is 105 Å². The van der Waals surface area contributed by atoms with Gasteiger partial charge < -0.3 is 9.80 Å². The van der Waals surface area contributed by atoms with Crippen molar-refractivity contribution >= 4 is 5.91 Å². The summed E-state index contributed by atoms with van der Waals surface area (Å²) in [6.07, 6.45) is 4.35. The Balaban J connectivity index is 1.80. The predicted octanol–water partition coefficient (Wildman–Crippen LogP) is 3.35. The van der Waals surface area contributed by atoms with Gasteiger partial charge in [-0.2, -0.15) is 0 Å². The van der Waals surface area contributed by atoms with E-state index in [0.717, 1.165) is 25.8 Å². The van der Waals surface area contributed by atoms with E-state index in [2.05, 4.69) is 72.5 Å². The molecule has 0 spiro atoms. The number of carbonyl (C=O) groups excluding carboxylic acids is 1. The zero-order valence-corrected chi connectivity index (χ0v) is 20.4. The lowest BCUT2D eigenvalue weighted by Gasteiger charge is -2.49. The van der Waals surface area contributed by atoms with Gasteiger partial charge in [-0.25, -0.2) is 0 Å². The number of aryl methyl sites for hydroxylation is 2. The smallest absolute Gasteiger partial charge is 0.274 e. The van der Waals surface area contributed by atoms with Crippen LogP contribution in [0, 0.1) is 6.92 Å². The van der Waals surface area contributed by atoms with Crippen molar-refractivity contribution in [1.82, 2.24) is 14.5 Å². The summed E-state index contributed by atoms with van der Waals surface area (Å²) in [4.78, 5) is 30.1. The Bertz CT molecular complexity index is 1250. The molecule has 5 rings (SSSR count). The van der Waals surface area contributed by atoms with Crippen LogP contribution in [0.25, 0.3) is 0 Å². The molecule has 0 saturated carbocycles. The third-order valence-corrected chi connectivity index (χ3v) is 7.31. The molecule has 1 aromatic heterocycles. The van der Waals surface area contributed by atoms with Crippen LogP contribution in [0.3, 0.4) is 0 Å². The van der Waals surface area contributed by atoms with Crippen LogP contribution < -0.4 is 10.4 Å². The van der Waals surface area contributed by atoms with Crippen molar-refractivity contribution in [2.75, 3.05) is 32.7 Å². The van der Waals surface area contributed by atoms with Gasteiger partial charge in [0.25, 0.3) is 5.91 Å². The predicted molar refractivity (Wildman–Crippen MR) is 135 cm³/mol. The van der Waals surface area contributed by atoms with Gasteiger partial charge in [0.1, 0.15) is 11.9 Å². The van der Waals surface area contributed by atoms with E-state index in [9.17, 15) is 9.59 Å². The van der Waals surface area contributed by atoms with Gasteiger partial charge in [0.2, 0.25) is 0 Å². The Kier molecular flexibility index (Phi) is 5.78. The number of nitrogens with zero attached hydrogens (tertiary/aromatic N) is 4. The maximum absolute atomic E-state index is 13.6. The minimum absolute atomic E-state index is 0.0849. The van der Waals surface area contributed by atoms with Gasteiger partial charge in [0.05, 0.1) is 6.04 Å². The molecule has 1 atom stereocenters. The number of aromatic nitrogens is 1. The SMILES string of the molecule is Cc1c2n(ccc1=O)N(C1c3ccccc3CCc3ccccc31)C(CCN(C)C)N(C)C2=O. The maximum atomic E-state index is 13.6. The lowest BCUT2D eigenvalue weighted by molar-refractivity contribution is 0.0600. The minimum atomic E-state index is -0.173. The minimum Gasteiger partial charge on any atom is -0.318 e. The summed E-state index contributed by atoms with van der Waals surface area (Å²) in [5.74, 6) is -0.106. The first kappa shape index (κ1) is 22.4. The molecule has 1 amide bonds. The van der Waals surface area contributed by atoms with E-state index in [1.807, 2.05) is 16.6 Å². The first-order chi connectivity index (χ1) is 16.4. The van der Waals surface area contributed by atoms with Crippen molar-refractivity contribution in [2.24, 2.45) is 0 Å². The molecule has 3 aromatic rings. The Morgan fingerprint density at radius 1 is 0.912 bits per heavy atom. The van der Waals surface area contributed by atoms with Gasteiger partial charge in [-0.05, 0) is 56.1 Å². The number of pyridine rings is 1. The summed E-state index contributed by atoms with van der Waals surface area (Å²) in [7, 11) is 5.98. The first-order valence-corrected chi connectivity index (χ1v) is 12.0. The maximum Gasteiger partial charge on any atom is 0.274 e. The summed E-state index contributed by atoms with van der Waals surface area (Å²) in [6.45, 7) is 2.59. The highest BCUT2D eigenvalue weighted by molar-refractivity contribution is 5.95. The number of fused-ring (bicyclic) bond motifs is 3. The van der Waals surface area contributed by atoms with Crippen molar-refractivity contribution in [2.45, 2.75) is 38.4 Å². The van der Waals surface area contributed by atoms with E-state index in [1.165, 1.54) is 22.3 Å². The molecule has 176 valence electrons. The van der Waals surface area contributed by atoms with Gasteiger partial charge in [-0.1, -0.05) is 48.5 Å². The molecule has 1 aliphatic heterocycles. The van der Waals surface area contributed by atoms with Crippen LogP contribution in [0.15, 0.2) is 65.6 Å². The third kappa shape index (κ3) is 3.62. The molecule has 1 aliphatic carbocycles. The summed E-state index contributed by atoms with van der Waals surface area (Å²) >= 11 is 0. The van der Waals surface area contributed by atoms with Gasteiger partial charge in [0, 0.05) is 37.8 Å². The van der Waals surface area contributed by atoms with Crippen LogP contribution in [0.2, 0.25) is 0 Å². The Labute approximate surface area is 201 Å². The zero-order valence-electron chi connectivity index (χ0n) is 20.4. The van der Waals surface area contributed by atoms with Gasteiger partial charge >= 0.3 is 0 Å². The number of rotatable bonds is 4. The number of hydrogen-bond acceptors (Lipinski definition) is 4. The van der Waals surface area contributed by atoms with E-state index in [0.29, 0.717) is 11.3 Å². The highest BCUT2D eigenvalue weighted by Gasteiger charge is 2.42. The van der Waals surface area contributed by atoms with Crippen LogP contribution in [-0.4, -0.2) is 54.2 Å². The normalized spacial score (nSPS) is 17.9. The van der Waals surface area contributed by atoms with E-state index < -0.39 is 0 Å². The summed E-state index contributed by atoms with van der Waals surface area (Å²) < 4.78 is 1.96. The molecule has 2 aromatic carbocycles. The number of benzene rings is 2. The Morgan fingerprint density at radius 3 is 2.09 bits per heavy atom. The molecule has 2 heterocycles. The molecule has 6 heteroatoms. The van der Waals surface area contributed by atoms with Crippen molar-refractivity contribution in [3.8, 4) is 0 Å². The lowest BCUT2D eigenvalue weighted by Crippen LogP contribution is -2.62. The molecule has 1 unspecified atom stereocenters. The summed E-state index contributed by atoms with van der Waals surface area (Å²) in [5.41, 5.74) is 6.00. The second-order valence-electron chi connectivity index (χ2n) is 9.67. The van der Waals surface area contributed by atoms with Gasteiger partial charge in [-0.3, -0.25) is 19.3 Å². The average molecular weight is 457 g/mol. The quantitative estimate of drug-likeness (QED) is 0.604. The average Bonchev–Trinajstić information content (AvgIpc) is 2.99. The number of carbonyl (C=O) groups is 1. The first-order valence-electron chi connectivity index (χ1n) is 12.0. The summed E-state index contributed by atoms with van der Waals surface area (Å²) in [5, 5.41) is 2.33. The van der Waals surface area contributed by atoms with E-state index in [1.54, 1.807) is 19.2 Å². The highest BCUT2D eigenvalue weighted by atomic mass is 16.2. The number of hydrogen-bond donors (Lipinski definition) is 0. The fraction of sp³-hybridized carbons (Fsp3) is 0.357. The summed E-state index contributed by atoms with van der Waals surface area (Å²) in [6, 6.07) is 18.8. The van der Waals surface area contributed by atoms with E-state index >= 15 is 0 Å². The second-order valence-corrected chi connectivity index (χ2v) is 9.67. The van der Waals surface area contributed by atoms with Crippen LogP contribution in [-0.2, 0) is 12.8 Å². The zero-order chi connectivity index (χ0) is 24.0. The van der Waals surface area contributed by atoms with Crippen LogP contribution in [0.5, 0.6) is 0 Å². The van der Waals surface area contributed by atoms with Crippen LogP contribution in [0.1, 0.15) is 50.8 Å². The van der Waals surface area contributed by atoms with Gasteiger partial charge in [0.15, 0.2) is 5.43 Å². The van der Waals surface area contributed by atoms with E-state index in [-0.39, 0.29) is 23.5 Å². The molecule has 0 saturated heterocycles. The third-order valence-electron chi connectivity index (χ3n) is 7.31. The monoisotopic (exact) mass is 456 g/mol. The fourth-order valence-corrected chi connectivity index (χ4v) is 5.48. The van der Waals surface area contributed by atoms with Crippen molar-refractivity contribution < 1.29 is 4.79 Å². The highest BCUT2D eigenvalue weighted by Crippen LogP contribution is 2.39. The molecule has 0 radical (unpaired) electrons. The van der Waals surface area contributed by atoms with Crippen molar-refractivity contribution in [1.29, 1.82) is 0 Å². The lowest BCUT2D eigenvalue weighted by atomic mass is 9.93. The number of amides is 1. The molecule has 0 N–H and O–H groups in total. The largest absolute Gasteiger partial charge is 0.318 e. The van der Waals surface area contributed by atoms with Crippen molar-refractivity contribution in [3.63, 3.8) is 0 Å².